The van der Waals surface area contributed by atoms with Gasteiger partial charge in [-0.15, -0.1) is 0 Å². The van der Waals surface area contributed by atoms with Crippen molar-refractivity contribution in [1.82, 2.24) is 5.32 Å². The molecule has 0 aliphatic carbocycles. The van der Waals surface area contributed by atoms with Gasteiger partial charge < -0.3 is 10.2 Å². The molecule has 2 aromatic carbocycles. The van der Waals surface area contributed by atoms with E-state index in [9.17, 15) is 9.59 Å². The molecule has 0 spiro atoms. The molecule has 1 N–H and O–H groups in total. The number of hydrogen-bond acceptors (Lipinski definition) is 2. The summed E-state index contributed by atoms with van der Waals surface area (Å²) >= 11 is 0. The van der Waals surface area contributed by atoms with Gasteiger partial charge in [-0.2, -0.15) is 0 Å². The van der Waals surface area contributed by atoms with E-state index in [4.69, 9.17) is 0 Å². The van der Waals surface area contributed by atoms with Gasteiger partial charge in [-0.3, -0.25) is 9.59 Å². The summed E-state index contributed by atoms with van der Waals surface area (Å²) in [6, 6.07) is 14.0. The van der Waals surface area contributed by atoms with Crippen LogP contribution < -0.4 is 10.2 Å². The molecule has 2 amide bonds. The molecule has 2 rings (SSSR count). The van der Waals surface area contributed by atoms with Crippen LogP contribution in [0.4, 0.5) is 5.69 Å². The van der Waals surface area contributed by atoms with Crippen LogP contribution in [0.25, 0.3) is 0 Å². The number of carbonyl (C=O) groups excluding carboxylic acids is 2. The van der Waals surface area contributed by atoms with Crippen molar-refractivity contribution in [2.45, 2.75) is 47.1 Å². The van der Waals surface area contributed by atoms with Crippen molar-refractivity contribution >= 4 is 17.5 Å². The minimum Gasteiger partial charge on any atom is -0.350 e. The molecule has 138 valence electrons. The molecule has 26 heavy (non-hydrogen) atoms. The van der Waals surface area contributed by atoms with Crippen LogP contribution >= 0.6 is 0 Å². The van der Waals surface area contributed by atoms with E-state index in [0.29, 0.717) is 6.54 Å². The fraction of sp³-hybridized carbons (Fsp3) is 0.364. The van der Waals surface area contributed by atoms with Crippen LogP contribution in [0, 0.1) is 13.8 Å². The lowest BCUT2D eigenvalue weighted by Crippen LogP contribution is -2.40. The Labute approximate surface area is 156 Å². The lowest BCUT2D eigenvalue weighted by Gasteiger charge is -2.27. The lowest BCUT2D eigenvalue weighted by molar-refractivity contribution is -0.123. The van der Waals surface area contributed by atoms with Gasteiger partial charge in [0.25, 0.3) is 0 Å². The highest BCUT2D eigenvalue weighted by Crippen LogP contribution is 2.31. The fourth-order valence-electron chi connectivity index (χ4n) is 3.09. The van der Waals surface area contributed by atoms with Crippen LogP contribution in [-0.4, -0.2) is 18.4 Å². The number of rotatable bonds is 6. The van der Waals surface area contributed by atoms with E-state index in [1.54, 1.807) is 4.90 Å². The van der Waals surface area contributed by atoms with Gasteiger partial charge in [0.05, 0.1) is 5.69 Å². The fourth-order valence-corrected chi connectivity index (χ4v) is 3.09. The van der Waals surface area contributed by atoms with Gasteiger partial charge in [0.2, 0.25) is 11.8 Å². The molecule has 0 fully saturated rings. The first-order chi connectivity index (χ1) is 12.3. The van der Waals surface area contributed by atoms with Crippen molar-refractivity contribution in [1.29, 1.82) is 0 Å². The van der Waals surface area contributed by atoms with Gasteiger partial charge in [0, 0.05) is 13.5 Å². The standard InChI is InChI=1S/C22H28N2O2/c1-15(2)20-11-7-9-17(4)22(20)24(18(5)25)14-21(26)23-13-19-10-6-8-16(3)12-19/h6-12,15H,13-14H2,1-5H3,(H,23,26). The Kier molecular flexibility index (Phi) is 6.56. The second-order valence-corrected chi connectivity index (χ2v) is 7.04. The maximum Gasteiger partial charge on any atom is 0.240 e. The molecule has 4 heteroatoms. The summed E-state index contributed by atoms with van der Waals surface area (Å²) in [5, 5.41) is 2.92. The van der Waals surface area contributed by atoms with E-state index in [-0.39, 0.29) is 24.3 Å². The first-order valence-electron chi connectivity index (χ1n) is 8.99. The van der Waals surface area contributed by atoms with Gasteiger partial charge in [0.1, 0.15) is 6.54 Å². The highest BCUT2D eigenvalue weighted by Gasteiger charge is 2.21. The van der Waals surface area contributed by atoms with E-state index < -0.39 is 0 Å². The first kappa shape index (κ1) is 19.7. The average molecular weight is 352 g/mol. The van der Waals surface area contributed by atoms with E-state index >= 15 is 0 Å². The van der Waals surface area contributed by atoms with E-state index in [1.807, 2.05) is 56.3 Å². The summed E-state index contributed by atoms with van der Waals surface area (Å²) in [5.41, 5.74) is 5.13. The minimum absolute atomic E-state index is 0.0196. The molecule has 0 unspecified atom stereocenters. The molecule has 0 radical (unpaired) electrons. The number of benzene rings is 2. The van der Waals surface area contributed by atoms with Gasteiger partial charge in [-0.25, -0.2) is 0 Å². The van der Waals surface area contributed by atoms with Crippen molar-refractivity contribution in [2.24, 2.45) is 0 Å². The van der Waals surface area contributed by atoms with Gasteiger partial charge in [-0.05, 0) is 36.5 Å². The van der Waals surface area contributed by atoms with Crippen LogP contribution in [0.15, 0.2) is 42.5 Å². The summed E-state index contributed by atoms with van der Waals surface area (Å²) in [5.74, 6) is -0.0336. The van der Waals surface area contributed by atoms with Crippen molar-refractivity contribution in [3.05, 3.63) is 64.7 Å². The van der Waals surface area contributed by atoms with Crippen molar-refractivity contribution in [2.75, 3.05) is 11.4 Å². The molecule has 0 heterocycles. The molecule has 2 aromatic rings. The van der Waals surface area contributed by atoms with Crippen molar-refractivity contribution in [3.8, 4) is 0 Å². The second-order valence-electron chi connectivity index (χ2n) is 7.04. The Balaban J connectivity index is 2.16. The molecular formula is C22H28N2O2. The van der Waals surface area contributed by atoms with Crippen molar-refractivity contribution in [3.63, 3.8) is 0 Å². The Morgan fingerprint density at radius 3 is 2.38 bits per heavy atom. The summed E-state index contributed by atoms with van der Waals surface area (Å²) in [7, 11) is 0. The number of nitrogens with one attached hydrogen (secondary N) is 1. The molecule has 0 saturated heterocycles. The summed E-state index contributed by atoms with van der Waals surface area (Å²) in [4.78, 5) is 26.3. The Morgan fingerprint density at radius 1 is 1.08 bits per heavy atom. The van der Waals surface area contributed by atoms with E-state index in [1.165, 1.54) is 6.92 Å². The molecule has 0 aliphatic heterocycles. The smallest absolute Gasteiger partial charge is 0.240 e. The van der Waals surface area contributed by atoms with Crippen LogP contribution in [0.1, 0.15) is 48.9 Å². The minimum atomic E-state index is -0.167. The zero-order valence-electron chi connectivity index (χ0n) is 16.3. The molecule has 0 saturated carbocycles. The lowest BCUT2D eigenvalue weighted by atomic mass is 9.97. The number of para-hydroxylation sites is 1. The number of nitrogens with zero attached hydrogens (tertiary/aromatic N) is 1. The maximum atomic E-state index is 12.5. The zero-order chi connectivity index (χ0) is 19.3. The van der Waals surface area contributed by atoms with Crippen LogP contribution in [0.3, 0.4) is 0 Å². The predicted octanol–water partition coefficient (Wildman–Crippen LogP) is 4.10. The SMILES string of the molecule is CC(=O)N(CC(=O)NCc1cccc(C)c1)c1c(C)cccc1C(C)C. The molecule has 0 bridgehead atoms. The van der Waals surface area contributed by atoms with Crippen LogP contribution in [0.2, 0.25) is 0 Å². The molecule has 4 nitrogen and oxygen atoms in total. The molecule has 0 aromatic heterocycles. The van der Waals surface area contributed by atoms with E-state index in [2.05, 4.69) is 19.2 Å². The van der Waals surface area contributed by atoms with Crippen LogP contribution in [0.5, 0.6) is 0 Å². The third-order valence-corrected chi connectivity index (χ3v) is 4.41. The zero-order valence-corrected chi connectivity index (χ0v) is 16.3. The number of anilines is 1. The Bertz CT molecular complexity index is 796. The first-order valence-corrected chi connectivity index (χ1v) is 8.99. The molecule has 0 atom stereocenters. The largest absolute Gasteiger partial charge is 0.350 e. The quantitative estimate of drug-likeness (QED) is 0.851. The summed E-state index contributed by atoms with van der Waals surface area (Å²) < 4.78 is 0. The third kappa shape index (κ3) is 4.94. The Morgan fingerprint density at radius 2 is 1.77 bits per heavy atom. The highest BCUT2D eigenvalue weighted by atomic mass is 16.2. The number of amides is 2. The normalized spacial score (nSPS) is 10.7. The van der Waals surface area contributed by atoms with Gasteiger partial charge in [-0.1, -0.05) is 61.9 Å². The number of hydrogen-bond donors (Lipinski definition) is 1. The third-order valence-electron chi connectivity index (χ3n) is 4.41. The highest BCUT2D eigenvalue weighted by molar-refractivity contribution is 5.98. The maximum absolute atomic E-state index is 12.5. The number of carbonyl (C=O) groups is 2. The topological polar surface area (TPSA) is 49.4 Å². The van der Waals surface area contributed by atoms with Gasteiger partial charge >= 0.3 is 0 Å². The monoisotopic (exact) mass is 352 g/mol. The predicted molar refractivity (Wildman–Crippen MR) is 106 cm³/mol. The van der Waals surface area contributed by atoms with Gasteiger partial charge in [0.15, 0.2) is 0 Å². The summed E-state index contributed by atoms with van der Waals surface area (Å²) in [6.07, 6.45) is 0. The second kappa shape index (κ2) is 8.65. The molecule has 0 aliphatic rings. The Hall–Kier alpha value is -2.62. The van der Waals surface area contributed by atoms with E-state index in [0.717, 1.165) is 27.9 Å². The number of aryl methyl sites for hydroxylation is 2. The average Bonchev–Trinajstić information content (AvgIpc) is 2.58. The van der Waals surface area contributed by atoms with Crippen molar-refractivity contribution < 1.29 is 9.59 Å². The van der Waals surface area contributed by atoms with Crippen LogP contribution in [-0.2, 0) is 16.1 Å². The summed E-state index contributed by atoms with van der Waals surface area (Å²) in [6.45, 7) is 10.2. The molecular weight excluding hydrogens is 324 g/mol.